The van der Waals surface area contributed by atoms with Crippen molar-refractivity contribution in [3.63, 3.8) is 0 Å². The molecule has 150 valence electrons. The molecule has 6 nitrogen and oxygen atoms in total. The smallest absolute Gasteiger partial charge is 0.303 e. The number of aliphatic carboxylic acids is 1. The highest BCUT2D eigenvalue weighted by molar-refractivity contribution is 5.78. The van der Waals surface area contributed by atoms with Gasteiger partial charge in [0.05, 0.1) is 13.1 Å². The summed E-state index contributed by atoms with van der Waals surface area (Å²) in [5, 5.41) is 8.84. The fraction of sp³-hybridized carbons (Fsp3) is 0.619. The Hall–Kier alpha value is -2.08. The third-order valence-corrected chi connectivity index (χ3v) is 5.04. The molecule has 0 aromatic heterocycles. The molecule has 1 aliphatic heterocycles. The summed E-state index contributed by atoms with van der Waals surface area (Å²) in [5.74, 6) is 0.552. The van der Waals surface area contributed by atoms with Gasteiger partial charge in [-0.25, -0.2) is 0 Å². The normalized spacial score (nSPS) is 17.5. The molecule has 0 spiro atoms. The SMILES string of the molecule is Cc1cc(C)cc(OCCN(C)C(=O)CN2CCCC(CCC(=O)O)C2)c1. The van der Waals surface area contributed by atoms with Crippen LogP contribution in [0.3, 0.4) is 0 Å². The molecule has 1 fully saturated rings. The van der Waals surface area contributed by atoms with Crippen molar-refractivity contribution >= 4 is 11.9 Å². The third kappa shape index (κ3) is 7.59. The van der Waals surface area contributed by atoms with E-state index < -0.39 is 5.97 Å². The quantitative estimate of drug-likeness (QED) is 0.718. The molecule has 1 saturated heterocycles. The van der Waals surface area contributed by atoms with Crippen molar-refractivity contribution in [2.75, 3.05) is 39.8 Å². The molecule has 1 aromatic rings. The number of likely N-dealkylation sites (tertiary alicyclic amines) is 1. The number of carbonyl (C=O) groups excluding carboxylic acids is 1. The Balaban J connectivity index is 1.72. The summed E-state index contributed by atoms with van der Waals surface area (Å²) < 4.78 is 5.79. The number of aryl methyl sites for hydroxylation is 2. The molecule has 1 unspecified atom stereocenters. The van der Waals surface area contributed by atoms with Crippen LogP contribution >= 0.6 is 0 Å². The van der Waals surface area contributed by atoms with Crippen LogP contribution in [-0.2, 0) is 9.59 Å². The summed E-state index contributed by atoms with van der Waals surface area (Å²) in [5.41, 5.74) is 2.33. The van der Waals surface area contributed by atoms with Crippen molar-refractivity contribution < 1.29 is 19.4 Å². The fourth-order valence-corrected chi connectivity index (χ4v) is 3.61. The van der Waals surface area contributed by atoms with Gasteiger partial charge in [-0.1, -0.05) is 6.07 Å². The van der Waals surface area contributed by atoms with Gasteiger partial charge in [0, 0.05) is 20.0 Å². The van der Waals surface area contributed by atoms with E-state index in [4.69, 9.17) is 9.84 Å². The topological polar surface area (TPSA) is 70.1 Å². The van der Waals surface area contributed by atoms with Gasteiger partial charge in [0.25, 0.3) is 0 Å². The molecule has 0 saturated carbocycles. The standard InChI is InChI=1S/C21H32N2O4/c1-16-11-17(2)13-19(12-16)27-10-9-22(3)20(24)15-23-8-4-5-18(14-23)6-7-21(25)26/h11-13,18H,4-10,14-15H2,1-3H3,(H,25,26). The molecule has 27 heavy (non-hydrogen) atoms. The number of piperidine rings is 1. The Morgan fingerprint density at radius 1 is 1.26 bits per heavy atom. The lowest BCUT2D eigenvalue weighted by atomic mass is 9.93. The van der Waals surface area contributed by atoms with Gasteiger partial charge in [-0.05, 0) is 68.8 Å². The summed E-state index contributed by atoms with van der Waals surface area (Å²) >= 11 is 0. The highest BCUT2D eigenvalue weighted by atomic mass is 16.5. The van der Waals surface area contributed by atoms with Crippen molar-refractivity contribution in [2.24, 2.45) is 5.92 Å². The number of carbonyl (C=O) groups is 2. The summed E-state index contributed by atoms with van der Waals surface area (Å²) in [6, 6.07) is 6.10. The van der Waals surface area contributed by atoms with Gasteiger partial charge in [0.15, 0.2) is 0 Å². The number of benzene rings is 1. The molecule has 2 rings (SSSR count). The van der Waals surface area contributed by atoms with Crippen molar-refractivity contribution in [3.05, 3.63) is 29.3 Å². The van der Waals surface area contributed by atoms with Gasteiger partial charge in [0.1, 0.15) is 12.4 Å². The van der Waals surface area contributed by atoms with Gasteiger partial charge in [-0.15, -0.1) is 0 Å². The maximum atomic E-state index is 12.5. The summed E-state index contributed by atoms with van der Waals surface area (Å²) in [7, 11) is 1.80. The van der Waals surface area contributed by atoms with Crippen LogP contribution in [0.1, 0.15) is 36.8 Å². The van der Waals surface area contributed by atoms with Gasteiger partial charge < -0.3 is 14.7 Å². The first-order chi connectivity index (χ1) is 12.8. The van der Waals surface area contributed by atoms with Crippen LogP contribution < -0.4 is 4.74 Å². The second-order valence-electron chi connectivity index (χ2n) is 7.66. The van der Waals surface area contributed by atoms with Crippen LogP contribution in [0.2, 0.25) is 0 Å². The number of amides is 1. The van der Waals surface area contributed by atoms with Crippen molar-refractivity contribution in [1.29, 1.82) is 0 Å². The molecular formula is C21H32N2O4. The summed E-state index contributed by atoms with van der Waals surface area (Å²) in [4.78, 5) is 27.1. The first-order valence-corrected chi connectivity index (χ1v) is 9.72. The molecule has 1 N–H and O–H groups in total. The summed E-state index contributed by atoms with van der Waals surface area (Å²) in [6.07, 6.45) is 2.98. The molecule has 1 amide bonds. The third-order valence-electron chi connectivity index (χ3n) is 5.04. The first-order valence-electron chi connectivity index (χ1n) is 9.72. The van der Waals surface area contributed by atoms with Crippen LogP contribution in [0.5, 0.6) is 5.75 Å². The Labute approximate surface area is 162 Å². The Morgan fingerprint density at radius 3 is 2.63 bits per heavy atom. The zero-order valence-corrected chi connectivity index (χ0v) is 16.7. The van der Waals surface area contributed by atoms with Crippen LogP contribution in [-0.4, -0.2) is 66.6 Å². The number of likely N-dealkylation sites (N-methyl/N-ethyl adjacent to an activating group) is 1. The molecule has 1 aromatic carbocycles. The number of carboxylic acid groups (broad SMARTS) is 1. The largest absolute Gasteiger partial charge is 0.492 e. The van der Waals surface area contributed by atoms with Gasteiger partial charge >= 0.3 is 5.97 Å². The van der Waals surface area contributed by atoms with E-state index in [1.165, 1.54) is 0 Å². The Morgan fingerprint density at radius 2 is 1.96 bits per heavy atom. The molecule has 0 bridgehead atoms. The molecule has 6 heteroatoms. The minimum absolute atomic E-state index is 0.0814. The second-order valence-corrected chi connectivity index (χ2v) is 7.66. The van der Waals surface area contributed by atoms with Crippen LogP contribution in [0.4, 0.5) is 0 Å². The number of hydrogen-bond donors (Lipinski definition) is 1. The molecular weight excluding hydrogens is 344 g/mol. The van der Waals surface area contributed by atoms with E-state index in [-0.39, 0.29) is 12.3 Å². The maximum absolute atomic E-state index is 12.5. The van der Waals surface area contributed by atoms with Crippen molar-refractivity contribution in [3.8, 4) is 5.75 Å². The lowest BCUT2D eigenvalue weighted by Crippen LogP contribution is -2.44. The number of nitrogens with zero attached hydrogens (tertiary/aromatic N) is 2. The number of rotatable bonds is 9. The predicted molar refractivity (Wildman–Crippen MR) is 105 cm³/mol. The highest BCUT2D eigenvalue weighted by Gasteiger charge is 2.23. The first kappa shape index (κ1) is 21.2. The Kier molecular flexibility index (Phi) is 8.10. The minimum Gasteiger partial charge on any atom is -0.492 e. The maximum Gasteiger partial charge on any atom is 0.303 e. The van der Waals surface area contributed by atoms with E-state index in [1.807, 2.05) is 26.0 Å². The highest BCUT2D eigenvalue weighted by Crippen LogP contribution is 2.21. The fourth-order valence-electron chi connectivity index (χ4n) is 3.61. The lowest BCUT2D eigenvalue weighted by Gasteiger charge is -2.33. The molecule has 1 atom stereocenters. The Bertz CT molecular complexity index is 627. The minimum atomic E-state index is -0.744. The van der Waals surface area contributed by atoms with E-state index in [0.717, 1.165) is 42.8 Å². The van der Waals surface area contributed by atoms with Crippen LogP contribution in [0, 0.1) is 19.8 Å². The van der Waals surface area contributed by atoms with E-state index in [2.05, 4.69) is 11.0 Å². The average molecular weight is 376 g/mol. The molecule has 0 aliphatic carbocycles. The van der Waals surface area contributed by atoms with Crippen molar-refractivity contribution in [1.82, 2.24) is 9.80 Å². The van der Waals surface area contributed by atoms with E-state index in [0.29, 0.717) is 32.0 Å². The lowest BCUT2D eigenvalue weighted by molar-refractivity contribution is -0.137. The number of ether oxygens (including phenoxy) is 1. The van der Waals surface area contributed by atoms with E-state index >= 15 is 0 Å². The molecule has 1 aliphatic rings. The van der Waals surface area contributed by atoms with Gasteiger partial charge in [0.2, 0.25) is 5.91 Å². The molecule has 1 heterocycles. The average Bonchev–Trinajstić information content (AvgIpc) is 2.59. The number of carboxylic acids is 1. The zero-order chi connectivity index (χ0) is 19.8. The van der Waals surface area contributed by atoms with E-state index in [9.17, 15) is 9.59 Å². The molecule has 0 radical (unpaired) electrons. The zero-order valence-electron chi connectivity index (χ0n) is 16.7. The number of hydrogen-bond acceptors (Lipinski definition) is 4. The second kappa shape index (κ2) is 10.3. The van der Waals surface area contributed by atoms with Crippen molar-refractivity contribution in [2.45, 2.75) is 39.5 Å². The predicted octanol–water partition coefficient (Wildman–Crippen LogP) is 2.72. The van der Waals surface area contributed by atoms with Crippen LogP contribution in [0.15, 0.2) is 18.2 Å². The monoisotopic (exact) mass is 376 g/mol. The summed E-state index contributed by atoms with van der Waals surface area (Å²) in [6.45, 7) is 7.20. The van der Waals surface area contributed by atoms with Gasteiger partial charge in [-0.3, -0.25) is 14.5 Å². The van der Waals surface area contributed by atoms with Gasteiger partial charge in [-0.2, -0.15) is 0 Å². The van der Waals surface area contributed by atoms with Crippen LogP contribution in [0.25, 0.3) is 0 Å². The van der Waals surface area contributed by atoms with E-state index in [1.54, 1.807) is 11.9 Å².